The molecule has 2 aliphatic rings. The standard InChI is InChI=1S/C14H24N6/c1-9-7-11(5-6-20(9)2)16-12-8-13(19-15)18-14(17-12)10-3-4-10/h8-11H,3-7,15H2,1-2H3,(H2,16,17,18,19). The van der Waals surface area contributed by atoms with Gasteiger partial charge in [0.05, 0.1) is 0 Å². The van der Waals surface area contributed by atoms with Crippen molar-refractivity contribution in [2.45, 2.75) is 50.6 Å². The van der Waals surface area contributed by atoms with Gasteiger partial charge in [-0.3, -0.25) is 0 Å². The van der Waals surface area contributed by atoms with Crippen LogP contribution in [0.2, 0.25) is 0 Å². The minimum absolute atomic E-state index is 0.480. The van der Waals surface area contributed by atoms with Crippen LogP contribution in [0, 0.1) is 0 Å². The summed E-state index contributed by atoms with van der Waals surface area (Å²) < 4.78 is 0. The maximum absolute atomic E-state index is 5.51. The summed E-state index contributed by atoms with van der Waals surface area (Å²) in [7, 11) is 2.19. The number of hydrazine groups is 1. The second kappa shape index (κ2) is 5.54. The molecule has 110 valence electrons. The topological polar surface area (TPSA) is 79.1 Å². The average Bonchev–Trinajstić information content (AvgIpc) is 3.27. The third-order valence-corrected chi connectivity index (χ3v) is 4.39. The van der Waals surface area contributed by atoms with Gasteiger partial charge in [0.15, 0.2) is 0 Å². The average molecular weight is 276 g/mol. The van der Waals surface area contributed by atoms with E-state index in [0.717, 1.165) is 31.0 Å². The first-order chi connectivity index (χ1) is 9.65. The smallest absolute Gasteiger partial charge is 0.145 e. The van der Waals surface area contributed by atoms with Crippen LogP contribution in [-0.2, 0) is 0 Å². The Bertz CT molecular complexity index is 473. The lowest BCUT2D eigenvalue weighted by atomic mass is 9.99. The van der Waals surface area contributed by atoms with Crippen molar-refractivity contribution in [3.05, 3.63) is 11.9 Å². The number of hydrogen-bond acceptors (Lipinski definition) is 6. The summed E-state index contributed by atoms with van der Waals surface area (Å²) in [5, 5.41) is 3.56. The lowest BCUT2D eigenvalue weighted by Gasteiger charge is -2.35. The number of aromatic nitrogens is 2. The molecule has 2 heterocycles. The normalized spacial score (nSPS) is 27.4. The summed E-state index contributed by atoms with van der Waals surface area (Å²) in [4.78, 5) is 11.5. The van der Waals surface area contributed by atoms with Gasteiger partial charge in [0.1, 0.15) is 17.5 Å². The quantitative estimate of drug-likeness (QED) is 0.572. The second-order valence-electron chi connectivity index (χ2n) is 6.11. The van der Waals surface area contributed by atoms with E-state index >= 15 is 0 Å². The van der Waals surface area contributed by atoms with Crippen LogP contribution in [0.5, 0.6) is 0 Å². The lowest BCUT2D eigenvalue weighted by Crippen LogP contribution is -2.42. The second-order valence-corrected chi connectivity index (χ2v) is 6.11. The van der Waals surface area contributed by atoms with E-state index < -0.39 is 0 Å². The Morgan fingerprint density at radius 2 is 2.00 bits per heavy atom. The zero-order valence-corrected chi connectivity index (χ0v) is 12.3. The van der Waals surface area contributed by atoms with Gasteiger partial charge in [-0.15, -0.1) is 0 Å². The van der Waals surface area contributed by atoms with Crippen molar-refractivity contribution in [2.75, 3.05) is 24.3 Å². The molecule has 4 N–H and O–H groups in total. The van der Waals surface area contributed by atoms with Crippen LogP contribution in [-0.4, -0.2) is 40.5 Å². The summed E-state index contributed by atoms with van der Waals surface area (Å²) in [5.74, 6) is 8.55. The molecule has 2 atom stereocenters. The Balaban J connectivity index is 1.71. The molecule has 2 fully saturated rings. The van der Waals surface area contributed by atoms with Gasteiger partial charge in [0, 0.05) is 30.6 Å². The van der Waals surface area contributed by atoms with Crippen molar-refractivity contribution in [3.63, 3.8) is 0 Å². The third kappa shape index (κ3) is 3.02. The highest BCUT2D eigenvalue weighted by atomic mass is 15.3. The summed E-state index contributed by atoms with van der Waals surface area (Å²) in [6.45, 7) is 3.40. The fourth-order valence-corrected chi connectivity index (χ4v) is 2.77. The fraction of sp³-hybridized carbons (Fsp3) is 0.714. The van der Waals surface area contributed by atoms with Crippen molar-refractivity contribution in [2.24, 2.45) is 5.84 Å². The molecule has 3 rings (SSSR count). The molecule has 1 saturated heterocycles. The molecule has 0 aromatic carbocycles. The summed E-state index contributed by atoms with van der Waals surface area (Å²) >= 11 is 0. The number of hydrogen-bond donors (Lipinski definition) is 3. The van der Waals surface area contributed by atoms with Gasteiger partial charge in [0.2, 0.25) is 0 Å². The van der Waals surface area contributed by atoms with Gasteiger partial charge in [-0.25, -0.2) is 15.8 Å². The molecule has 0 spiro atoms. The van der Waals surface area contributed by atoms with Gasteiger partial charge in [0.25, 0.3) is 0 Å². The molecular formula is C14H24N6. The molecule has 1 aromatic rings. The maximum Gasteiger partial charge on any atom is 0.145 e. The van der Waals surface area contributed by atoms with E-state index in [9.17, 15) is 0 Å². The monoisotopic (exact) mass is 276 g/mol. The predicted molar refractivity (Wildman–Crippen MR) is 80.6 cm³/mol. The molecule has 0 radical (unpaired) electrons. The van der Waals surface area contributed by atoms with Crippen molar-refractivity contribution in [1.82, 2.24) is 14.9 Å². The van der Waals surface area contributed by atoms with Crippen molar-refractivity contribution < 1.29 is 0 Å². The Labute approximate surface area is 120 Å². The Hall–Kier alpha value is -1.40. The number of anilines is 2. The van der Waals surface area contributed by atoms with Crippen molar-refractivity contribution >= 4 is 11.6 Å². The molecular weight excluding hydrogens is 252 g/mol. The van der Waals surface area contributed by atoms with E-state index in [4.69, 9.17) is 5.84 Å². The van der Waals surface area contributed by atoms with Crippen molar-refractivity contribution in [1.29, 1.82) is 0 Å². The highest BCUT2D eigenvalue weighted by Crippen LogP contribution is 2.38. The predicted octanol–water partition coefficient (Wildman–Crippen LogP) is 1.53. The van der Waals surface area contributed by atoms with Gasteiger partial charge in [-0.2, -0.15) is 0 Å². The van der Waals surface area contributed by atoms with E-state index in [0.29, 0.717) is 23.8 Å². The maximum atomic E-state index is 5.51. The van der Waals surface area contributed by atoms with Crippen LogP contribution in [0.3, 0.4) is 0 Å². The van der Waals surface area contributed by atoms with Crippen LogP contribution < -0.4 is 16.6 Å². The molecule has 1 saturated carbocycles. The first kappa shape index (κ1) is 13.6. The highest BCUT2D eigenvalue weighted by Gasteiger charge is 2.28. The number of nitrogens with one attached hydrogen (secondary N) is 2. The molecule has 20 heavy (non-hydrogen) atoms. The minimum atomic E-state index is 0.480. The van der Waals surface area contributed by atoms with Crippen LogP contribution in [0.1, 0.15) is 44.3 Å². The molecule has 6 nitrogen and oxygen atoms in total. The van der Waals surface area contributed by atoms with Crippen LogP contribution in [0.15, 0.2) is 6.07 Å². The van der Waals surface area contributed by atoms with Gasteiger partial charge in [-0.05, 0) is 39.7 Å². The zero-order valence-electron chi connectivity index (χ0n) is 12.3. The van der Waals surface area contributed by atoms with Gasteiger partial charge < -0.3 is 15.6 Å². The molecule has 1 aromatic heterocycles. The van der Waals surface area contributed by atoms with E-state index in [1.54, 1.807) is 0 Å². The van der Waals surface area contributed by atoms with Gasteiger partial charge >= 0.3 is 0 Å². The molecule has 6 heteroatoms. The molecule has 1 aliphatic carbocycles. The van der Waals surface area contributed by atoms with Crippen LogP contribution in [0.25, 0.3) is 0 Å². The number of nitrogens with zero attached hydrogens (tertiary/aromatic N) is 3. The van der Waals surface area contributed by atoms with Crippen LogP contribution in [0.4, 0.5) is 11.6 Å². The molecule has 0 amide bonds. The summed E-state index contributed by atoms with van der Waals surface area (Å²) in [6, 6.07) is 2.99. The Kier molecular flexibility index (Phi) is 3.76. The number of nitrogens with two attached hydrogens (primary N) is 1. The van der Waals surface area contributed by atoms with E-state index in [1.807, 2.05) is 6.07 Å². The third-order valence-electron chi connectivity index (χ3n) is 4.39. The minimum Gasteiger partial charge on any atom is -0.367 e. The van der Waals surface area contributed by atoms with Crippen molar-refractivity contribution in [3.8, 4) is 0 Å². The van der Waals surface area contributed by atoms with Gasteiger partial charge in [-0.1, -0.05) is 0 Å². The van der Waals surface area contributed by atoms with Crippen LogP contribution >= 0.6 is 0 Å². The Morgan fingerprint density at radius 3 is 2.65 bits per heavy atom. The number of piperidine rings is 1. The van der Waals surface area contributed by atoms with E-state index in [2.05, 4.69) is 39.6 Å². The summed E-state index contributed by atoms with van der Waals surface area (Å²) in [5.41, 5.74) is 2.64. The van der Waals surface area contributed by atoms with E-state index in [-0.39, 0.29) is 0 Å². The highest BCUT2D eigenvalue weighted by molar-refractivity contribution is 5.48. The van der Waals surface area contributed by atoms with E-state index in [1.165, 1.54) is 12.8 Å². The first-order valence-electron chi connectivity index (χ1n) is 7.48. The molecule has 2 unspecified atom stereocenters. The molecule has 1 aliphatic heterocycles. The first-order valence-corrected chi connectivity index (χ1v) is 7.48. The number of nitrogen functional groups attached to an aromatic ring is 1. The molecule has 0 bridgehead atoms. The number of rotatable bonds is 4. The fourth-order valence-electron chi connectivity index (χ4n) is 2.77. The Morgan fingerprint density at radius 1 is 1.25 bits per heavy atom. The zero-order chi connectivity index (χ0) is 14.1. The SMILES string of the molecule is CC1CC(Nc2cc(NN)nc(C3CC3)n2)CCN1C. The lowest BCUT2D eigenvalue weighted by molar-refractivity contribution is 0.190. The number of likely N-dealkylation sites (tertiary alicyclic amines) is 1. The summed E-state index contributed by atoms with van der Waals surface area (Å²) in [6.07, 6.45) is 4.68. The largest absolute Gasteiger partial charge is 0.367 e.